The third-order valence-corrected chi connectivity index (χ3v) is 9.03. The predicted octanol–water partition coefficient (Wildman–Crippen LogP) is 4.87. The summed E-state index contributed by atoms with van der Waals surface area (Å²) in [5.74, 6) is -4.19. The third kappa shape index (κ3) is 6.51. The summed E-state index contributed by atoms with van der Waals surface area (Å²) in [4.78, 5) is 49.8. The number of aldehydes is 1. The molecule has 2 bridgehead atoms. The van der Waals surface area contributed by atoms with Crippen LogP contribution < -0.4 is 25.8 Å². The maximum atomic E-state index is 14.9. The van der Waals surface area contributed by atoms with Gasteiger partial charge in [-0.25, -0.2) is 4.39 Å². The first-order chi connectivity index (χ1) is 20.9. The van der Waals surface area contributed by atoms with Crippen LogP contribution in [-0.4, -0.2) is 43.3 Å². The van der Waals surface area contributed by atoms with Crippen LogP contribution in [0.4, 0.5) is 23.2 Å². The van der Waals surface area contributed by atoms with Crippen LogP contribution in [0.3, 0.4) is 0 Å². The summed E-state index contributed by atoms with van der Waals surface area (Å²) >= 11 is 0. The normalized spacial score (nSPS) is 26.1. The van der Waals surface area contributed by atoms with Crippen molar-refractivity contribution < 1.29 is 46.2 Å². The van der Waals surface area contributed by atoms with Crippen LogP contribution in [0.25, 0.3) is 0 Å². The number of carbonyl (C=O) groups is 4. The number of ether oxygens (including phenoxy) is 2. The highest BCUT2D eigenvalue weighted by Crippen LogP contribution is 2.49. The molecule has 5 rings (SSSR count). The van der Waals surface area contributed by atoms with E-state index < -0.39 is 52.8 Å². The molecule has 2 aromatic rings. The summed E-state index contributed by atoms with van der Waals surface area (Å²) in [5.41, 5.74) is 3.42. The number of benzene rings is 2. The average molecular weight is 620 g/mol. The lowest BCUT2D eigenvalue weighted by Gasteiger charge is -2.31. The number of rotatable bonds is 9. The van der Waals surface area contributed by atoms with E-state index in [2.05, 4.69) is 10.6 Å². The molecule has 13 heteroatoms. The van der Waals surface area contributed by atoms with Gasteiger partial charge in [-0.3, -0.25) is 14.4 Å². The summed E-state index contributed by atoms with van der Waals surface area (Å²) in [5, 5.41) is 5.39. The molecule has 3 amide bonds. The number of hydrogen-bond donors (Lipinski definition) is 3. The van der Waals surface area contributed by atoms with Gasteiger partial charge >= 0.3 is 6.18 Å². The van der Waals surface area contributed by atoms with Crippen LogP contribution >= 0.6 is 0 Å². The monoisotopic (exact) mass is 619 g/mol. The molecule has 4 N–H and O–H groups in total. The standard InChI is InChI=1S/C31H33F4N3O6/c1-43-24-13-23(32)25(44-21-6-2-15(14-39)3-7-21)12-22(24)29(41)38-27-17-5-4-16(8-17)26(27)30(42)37-20-10-18(28(36)40)9-19(11-20)31(33,34)35/h9-17,21,26-27H,2-8H2,1H3,(H2,36,40)(H,37,42)(H,38,41). The number of anilines is 1. The number of methoxy groups -OCH3 is 1. The van der Waals surface area contributed by atoms with E-state index in [0.717, 1.165) is 30.9 Å². The van der Waals surface area contributed by atoms with Gasteiger partial charge in [-0.15, -0.1) is 0 Å². The van der Waals surface area contributed by atoms with Crippen molar-refractivity contribution in [2.45, 2.75) is 63.3 Å². The van der Waals surface area contributed by atoms with Crippen LogP contribution in [0.2, 0.25) is 0 Å². The Bertz CT molecular complexity index is 1460. The maximum Gasteiger partial charge on any atom is 0.416 e. The Hall–Kier alpha value is -4.16. The number of hydrogen-bond acceptors (Lipinski definition) is 6. The first-order valence-corrected chi connectivity index (χ1v) is 14.5. The van der Waals surface area contributed by atoms with Crippen molar-refractivity contribution >= 4 is 29.7 Å². The minimum atomic E-state index is -4.78. The van der Waals surface area contributed by atoms with Gasteiger partial charge in [0.05, 0.1) is 30.3 Å². The molecule has 3 fully saturated rings. The molecule has 0 spiro atoms. The van der Waals surface area contributed by atoms with Gasteiger partial charge in [0, 0.05) is 29.3 Å². The van der Waals surface area contributed by atoms with Gasteiger partial charge in [0.2, 0.25) is 11.8 Å². The fourth-order valence-electron chi connectivity index (χ4n) is 6.83. The number of nitrogens with two attached hydrogens (primary N) is 1. The molecular weight excluding hydrogens is 586 g/mol. The average Bonchev–Trinajstić information content (AvgIpc) is 3.59. The molecule has 9 nitrogen and oxygen atoms in total. The fraction of sp³-hybridized carbons (Fsp3) is 0.484. The van der Waals surface area contributed by atoms with Crippen molar-refractivity contribution in [1.29, 1.82) is 0 Å². The van der Waals surface area contributed by atoms with Gasteiger partial charge in [0.15, 0.2) is 11.6 Å². The highest BCUT2D eigenvalue weighted by atomic mass is 19.4. The van der Waals surface area contributed by atoms with Crippen LogP contribution in [0.1, 0.15) is 71.2 Å². The number of amides is 3. The van der Waals surface area contributed by atoms with Crippen molar-refractivity contribution in [1.82, 2.24) is 5.32 Å². The van der Waals surface area contributed by atoms with Crippen LogP contribution in [-0.2, 0) is 15.8 Å². The first-order valence-electron chi connectivity index (χ1n) is 14.5. The molecule has 4 unspecified atom stereocenters. The number of primary amides is 1. The molecule has 3 aliphatic rings. The van der Waals surface area contributed by atoms with Crippen molar-refractivity contribution in [2.75, 3.05) is 12.4 Å². The molecular formula is C31H33F4N3O6. The van der Waals surface area contributed by atoms with Gasteiger partial charge in [0.25, 0.3) is 5.91 Å². The lowest BCUT2D eigenvalue weighted by atomic mass is 9.83. The van der Waals surface area contributed by atoms with Gasteiger partial charge < -0.3 is 30.6 Å². The number of nitrogens with one attached hydrogen (secondary N) is 2. The van der Waals surface area contributed by atoms with Crippen LogP contribution in [0.5, 0.6) is 11.5 Å². The molecule has 236 valence electrons. The zero-order valence-corrected chi connectivity index (χ0v) is 23.9. The van der Waals surface area contributed by atoms with Crippen LogP contribution in [0, 0.1) is 29.5 Å². The van der Waals surface area contributed by atoms with Gasteiger partial charge in [-0.05, 0) is 81.0 Å². The second kappa shape index (κ2) is 12.4. The van der Waals surface area contributed by atoms with Crippen molar-refractivity contribution in [3.63, 3.8) is 0 Å². The largest absolute Gasteiger partial charge is 0.496 e. The third-order valence-electron chi connectivity index (χ3n) is 9.03. The second-order valence-electron chi connectivity index (χ2n) is 11.8. The molecule has 4 atom stereocenters. The minimum absolute atomic E-state index is 0.00334. The van der Waals surface area contributed by atoms with E-state index in [1.165, 1.54) is 13.2 Å². The molecule has 0 saturated heterocycles. The van der Waals surface area contributed by atoms with Crippen molar-refractivity contribution in [3.05, 3.63) is 52.8 Å². The Labute approximate surface area is 250 Å². The Morgan fingerprint density at radius 3 is 2.30 bits per heavy atom. The zero-order chi connectivity index (χ0) is 31.8. The maximum absolute atomic E-state index is 14.9. The summed E-state index contributed by atoms with van der Waals surface area (Å²) in [6, 6.07) is 4.07. The lowest BCUT2D eigenvalue weighted by molar-refractivity contribution is -0.137. The number of fused-ring (bicyclic) bond motifs is 2. The molecule has 3 saturated carbocycles. The van der Waals surface area contributed by atoms with E-state index >= 15 is 0 Å². The highest BCUT2D eigenvalue weighted by Gasteiger charge is 2.51. The van der Waals surface area contributed by atoms with E-state index in [1.807, 2.05) is 0 Å². The lowest BCUT2D eigenvalue weighted by Crippen LogP contribution is -2.48. The molecule has 0 heterocycles. The molecule has 0 aromatic heterocycles. The minimum Gasteiger partial charge on any atom is -0.496 e. The fourth-order valence-corrected chi connectivity index (χ4v) is 6.83. The van der Waals surface area contributed by atoms with E-state index in [0.29, 0.717) is 44.6 Å². The summed E-state index contributed by atoms with van der Waals surface area (Å²) in [6.45, 7) is 0. The Kier molecular flexibility index (Phi) is 8.85. The second-order valence-corrected chi connectivity index (χ2v) is 11.8. The molecule has 3 aliphatic carbocycles. The molecule has 0 aliphatic heterocycles. The predicted molar refractivity (Wildman–Crippen MR) is 150 cm³/mol. The van der Waals surface area contributed by atoms with Gasteiger partial charge in [0.1, 0.15) is 12.0 Å². The summed E-state index contributed by atoms with van der Waals surface area (Å²) in [6.07, 6.45) is 0.255. The zero-order valence-electron chi connectivity index (χ0n) is 23.9. The number of halogens is 4. The Balaban J connectivity index is 1.35. The van der Waals surface area contributed by atoms with Crippen molar-refractivity contribution in [3.8, 4) is 11.5 Å². The number of carbonyl (C=O) groups excluding carboxylic acids is 4. The molecule has 44 heavy (non-hydrogen) atoms. The van der Waals surface area contributed by atoms with Crippen LogP contribution in [0.15, 0.2) is 30.3 Å². The highest BCUT2D eigenvalue weighted by molar-refractivity contribution is 6.00. The molecule has 2 aromatic carbocycles. The van der Waals surface area contributed by atoms with E-state index in [1.54, 1.807) is 0 Å². The first kappa shape index (κ1) is 31.3. The van der Waals surface area contributed by atoms with E-state index in [-0.39, 0.29) is 46.6 Å². The van der Waals surface area contributed by atoms with Gasteiger partial charge in [-0.2, -0.15) is 13.2 Å². The Morgan fingerprint density at radius 1 is 0.955 bits per heavy atom. The molecule has 0 radical (unpaired) electrons. The van der Waals surface area contributed by atoms with Crippen molar-refractivity contribution in [2.24, 2.45) is 29.4 Å². The number of alkyl halides is 3. The van der Waals surface area contributed by atoms with Gasteiger partial charge in [-0.1, -0.05) is 0 Å². The Morgan fingerprint density at radius 2 is 1.66 bits per heavy atom. The summed E-state index contributed by atoms with van der Waals surface area (Å²) in [7, 11) is 1.29. The SMILES string of the molecule is COc1cc(F)c(OC2CCC(C=O)CC2)cc1C(=O)NC1C2CCC(C2)C1C(=O)Nc1cc(C(N)=O)cc(C(F)(F)F)c1. The topological polar surface area (TPSA) is 137 Å². The summed E-state index contributed by atoms with van der Waals surface area (Å²) < 4.78 is 66.4. The van der Waals surface area contributed by atoms with E-state index in [9.17, 15) is 36.7 Å². The smallest absolute Gasteiger partial charge is 0.416 e. The van der Waals surface area contributed by atoms with E-state index in [4.69, 9.17) is 15.2 Å². The quantitative estimate of drug-likeness (QED) is 0.271.